The van der Waals surface area contributed by atoms with Gasteiger partial charge in [-0.3, -0.25) is 9.59 Å². The number of carbonyl (C=O) groups is 2. The number of ketones is 1. The highest BCUT2D eigenvalue weighted by Gasteiger charge is 2.51. The fraction of sp³-hybridized carbons (Fsp3) is 0.190. The molecule has 1 saturated carbocycles. The maximum absolute atomic E-state index is 12.7. The Kier molecular flexibility index (Phi) is 4.39. The van der Waals surface area contributed by atoms with Crippen LogP contribution in [0.2, 0.25) is 0 Å². The third kappa shape index (κ3) is 3.30. The largest absolute Gasteiger partial charge is 0.301 e. The van der Waals surface area contributed by atoms with Gasteiger partial charge >= 0.3 is 0 Å². The number of hydrogen-bond donors (Lipinski definition) is 1. The van der Waals surface area contributed by atoms with Crippen molar-refractivity contribution in [3.05, 3.63) is 82.9 Å². The first-order valence-electron chi connectivity index (χ1n) is 8.57. The van der Waals surface area contributed by atoms with Crippen molar-refractivity contribution in [2.45, 2.75) is 24.7 Å². The van der Waals surface area contributed by atoms with Crippen LogP contribution in [-0.2, 0) is 16.6 Å². The van der Waals surface area contributed by atoms with Gasteiger partial charge in [-0.15, -0.1) is 0 Å². The summed E-state index contributed by atoms with van der Waals surface area (Å²) in [6, 6.07) is 19.4. The second-order valence-electron chi connectivity index (χ2n) is 6.52. The van der Waals surface area contributed by atoms with E-state index < -0.39 is 5.41 Å². The molecule has 3 aromatic rings. The Morgan fingerprint density at radius 1 is 1.00 bits per heavy atom. The molecule has 1 aliphatic rings. The molecule has 1 N–H and O–H groups in total. The predicted octanol–water partition coefficient (Wildman–Crippen LogP) is 4.24. The molecule has 0 radical (unpaired) electrons. The van der Waals surface area contributed by atoms with E-state index in [1.807, 2.05) is 60.7 Å². The van der Waals surface area contributed by atoms with Gasteiger partial charge in [0.25, 0.3) is 0 Å². The first-order chi connectivity index (χ1) is 12.7. The van der Waals surface area contributed by atoms with Gasteiger partial charge in [0.05, 0.1) is 16.5 Å². The Bertz CT molecular complexity index is 931. The molecular formula is C21H18N2O2S. The number of anilines is 1. The summed E-state index contributed by atoms with van der Waals surface area (Å²) in [4.78, 5) is 29.9. The van der Waals surface area contributed by atoms with Gasteiger partial charge in [0.15, 0.2) is 10.9 Å². The molecule has 130 valence electrons. The Labute approximate surface area is 155 Å². The van der Waals surface area contributed by atoms with Crippen molar-refractivity contribution in [2.24, 2.45) is 0 Å². The minimum absolute atomic E-state index is 0.0124. The van der Waals surface area contributed by atoms with Gasteiger partial charge < -0.3 is 5.32 Å². The van der Waals surface area contributed by atoms with Crippen LogP contribution in [0.4, 0.5) is 5.13 Å². The molecule has 4 rings (SSSR count). The molecule has 2 aromatic carbocycles. The van der Waals surface area contributed by atoms with Crippen LogP contribution < -0.4 is 5.32 Å². The fourth-order valence-electron chi connectivity index (χ4n) is 3.07. The van der Waals surface area contributed by atoms with Crippen LogP contribution >= 0.6 is 11.3 Å². The fourth-order valence-corrected chi connectivity index (χ4v) is 3.82. The number of amides is 1. The molecular weight excluding hydrogens is 344 g/mol. The molecule has 1 heterocycles. The van der Waals surface area contributed by atoms with Crippen molar-refractivity contribution in [3.63, 3.8) is 0 Å². The van der Waals surface area contributed by atoms with Gasteiger partial charge in [0.2, 0.25) is 5.91 Å². The lowest BCUT2D eigenvalue weighted by Crippen LogP contribution is -2.27. The minimum Gasteiger partial charge on any atom is -0.301 e. The van der Waals surface area contributed by atoms with E-state index in [0.717, 1.165) is 24.0 Å². The zero-order valence-corrected chi connectivity index (χ0v) is 15.0. The van der Waals surface area contributed by atoms with E-state index in [1.54, 1.807) is 6.20 Å². The van der Waals surface area contributed by atoms with Gasteiger partial charge in [-0.25, -0.2) is 4.98 Å². The molecule has 1 aromatic heterocycles. The molecule has 5 heteroatoms. The van der Waals surface area contributed by atoms with Gasteiger partial charge in [-0.05, 0) is 24.0 Å². The van der Waals surface area contributed by atoms with Crippen molar-refractivity contribution in [2.75, 3.05) is 5.32 Å². The summed E-state index contributed by atoms with van der Waals surface area (Å²) in [5.74, 6) is -0.0292. The minimum atomic E-state index is -0.443. The van der Waals surface area contributed by atoms with Crippen LogP contribution in [0.15, 0.2) is 66.9 Å². The second kappa shape index (κ2) is 6.84. The van der Waals surface area contributed by atoms with Gasteiger partial charge in [0.1, 0.15) is 0 Å². The maximum Gasteiger partial charge on any atom is 0.236 e. The highest BCUT2D eigenvalue weighted by molar-refractivity contribution is 7.17. The highest BCUT2D eigenvalue weighted by atomic mass is 32.1. The first-order valence-corrected chi connectivity index (χ1v) is 9.39. The molecule has 0 bridgehead atoms. The van der Waals surface area contributed by atoms with E-state index >= 15 is 0 Å². The third-order valence-corrected chi connectivity index (χ3v) is 5.67. The zero-order valence-electron chi connectivity index (χ0n) is 14.1. The number of benzene rings is 2. The molecule has 0 atom stereocenters. The predicted molar refractivity (Wildman–Crippen MR) is 103 cm³/mol. The smallest absolute Gasteiger partial charge is 0.236 e. The maximum atomic E-state index is 12.7. The van der Waals surface area contributed by atoms with E-state index in [9.17, 15) is 9.59 Å². The molecule has 26 heavy (non-hydrogen) atoms. The average Bonchev–Trinajstić information content (AvgIpc) is 3.36. The zero-order chi connectivity index (χ0) is 18.0. The van der Waals surface area contributed by atoms with Crippen molar-refractivity contribution in [3.8, 4) is 0 Å². The van der Waals surface area contributed by atoms with Crippen LogP contribution in [0.1, 0.15) is 33.6 Å². The van der Waals surface area contributed by atoms with E-state index in [1.165, 1.54) is 11.3 Å². The number of hydrogen-bond acceptors (Lipinski definition) is 4. The standard InChI is InChI=1S/C21H18N2O2S/c24-17(13-15-7-3-1-4-8-15)18-14-22-20(26-18)23-19(25)21(11-12-21)16-9-5-2-6-10-16/h1-10,14H,11-13H2,(H,22,23,25). The number of nitrogens with zero attached hydrogens (tertiary/aromatic N) is 1. The molecule has 0 aliphatic heterocycles. The van der Waals surface area contributed by atoms with Crippen LogP contribution in [0.3, 0.4) is 0 Å². The van der Waals surface area contributed by atoms with Crippen LogP contribution in [0, 0.1) is 0 Å². The highest BCUT2D eigenvalue weighted by Crippen LogP contribution is 2.49. The quantitative estimate of drug-likeness (QED) is 0.667. The summed E-state index contributed by atoms with van der Waals surface area (Å²) in [7, 11) is 0. The van der Waals surface area contributed by atoms with Crippen molar-refractivity contribution < 1.29 is 9.59 Å². The van der Waals surface area contributed by atoms with Gasteiger partial charge in [-0.1, -0.05) is 72.0 Å². The molecule has 1 amide bonds. The van der Waals surface area contributed by atoms with Crippen LogP contribution in [-0.4, -0.2) is 16.7 Å². The lowest BCUT2D eigenvalue weighted by atomic mass is 9.95. The average molecular weight is 362 g/mol. The third-order valence-electron chi connectivity index (χ3n) is 4.72. The molecule has 0 spiro atoms. The lowest BCUT2D eigenvalue weighted by molar-refractivity contribution is -0.118. The number of Topliss-reactive ketones (excluding diaryl/α,β-unsaturated/α-hetero) is 1. The summed E-state index contributed by atoms with van der Waals surface area (Å²) in [6.07, 6.45) is 3.57. The number of rotatable bonds is 6. The van der Waals surface area contributed by atoms with E-state index in [2.05, 4.69) is 10.3 Å². The number of thiazole rings is 1. The Hall–Kier alpha value is -2.79. The van der Waals surface area contributed by atoms with E-state index in [0.29, 0.717) is 16.4 Å². The molecule has 4 nitrogen and oxygen atoms in total. The summed E-state index contributed by atoms with van der Waals surface area (Å²) < 4.78 is 0. The summed E-state index contributed by atoms with van der Waals surface area (Å²) in [5.41, 5.74) is 1.56. The van der Waals surface area contributed by atoms with E-state index in [4.69, 9.17) is 0 Å². The SMILES string of the molecule is O=C(Cc1ccccc1)c1cnc(NC(=O)C2(c3ccccc3)CC2)s1. The van der Waals surface area contributed by atoms with Gasteiger partial charge in [-0.2, -0.15) is 0 Å². The topological polar surface area (TPSA) is 59.1 Å². The summed E-state index contributed by atoms with van der Waals surface area (Å²) >= 11 is 1.24. The van der Waals surface area contributed by atoms with Gasteiger partial charge in [0, 0.05) is 6.42 Å². The van der Waals surface area contributed by atoms with Crippen LogP contribution in [0.25, 0.3) is 0 Å². The summed E-state index contributed by atoms with van der Waals surface area (Å²) in [6.45, 7) is 0. The van der Waals surface area contributed by atoms with Crippen LogP contribution in [0.5, 0.6) is 0 Å². The monoisotopic (exact) mass is 362 g/mol. The number of aromatic nitrogens is 1. The van der Waals surface area contributed by atoms with Crippen molar-refractivity contribution in [1.82, 2.24) is 4.98 Å². The Morgan fingerprint density at radius 2 is 1.65 bits per heavy atom. The van der Waals surface area contributed by atoms with Crippen molar-refractivity contribution >= 4 is 28.2 Å². The first kappa shape index (κ1) is 16.7. The number of nitrogens with one attached hydrogen (secondary N) is 1. The Morgan fingerprint density at radius 3 is 2.31 bits per heavy atom. The molecule has 0 saturated heterocycles. The lowest BCUT2D eigenvalue weighted by Gasteiger charge is -2.14. The Balaban J connectivity index is 1.44. The molecule has 1 fully saturated rings. The normalized spacial score (nSPS) is 14.6. The van der Waals surface area contributed by atoms with E-state index in [-0.39, 0.29) is 11.7 Å². The summed E-state index contributed by atoms with van der Waals surface area (Å²) in [5, 5.41) is 3.38. The second-order valence-corrected chi connectivity index (χ2v) is 7.55. The number of carbonyl (C=O) groups excluding carboxylic acids is 2. The molecule has 1 aliphatic carbocycles. The van der Waals surface area contributed by atoms with Crippen molar-refractivity contribution in [1.29, 1.82) is 0 Å². The molecule has 0 unspecified atom stereocenters.